The molecule has 0 rings (SSSR count). The second-order valence-electron chi connectivity index (χ2n) is 6.19. The summed E-state index contributed by atoms with van der Waals surface area (Å²) in [6.45, 7) is 11.0. The lowest BCUT2D eigenvalue weighted by atomic mass is 9.86. The highest BCUT2D eigenvalue weighted by Gasteiger charge is 2.26. The Labute approximate surface area is 108 Å². The molecular weight excluding hydrogens is 234 g/mol. The molecule has 0 spiro atoms. The molecule has 2 N–H and O–H groups in total. The maximum atomic E-state index is 11.6. The van der Waals surface area contributed by atoms with Gasteiger partial charge in [-0.05, 0) is 26.2 Å². The van der Waals surface area contributed by atoms with E-state index in [1.807, 2.05) is 20.8 Å². The Morgan fingerprint density at radius 3 is 2.00 bits per heavy atom. The molecule has 0 aliphatic rings. The zero-order chi connectivity index (χ0) is 14.6. The summed E-state index contributed by atoms with van der Waals surface area (Å²) in [5, 5.41) is 11.3. The maximum Gasteiger partial charge on any atom is 0.408 e. The van der Waals surface area contributed by atoms with Gasteiger partial charge in [-0.2, -0.15) is 0 Å². The number of rotatable bonds is 3. The standard InChI is InChI=1S/C13H23NO4/c1-12(2,3)9(7-8-10(15)16)14-11(17)18-13(4,5)6/h7-9H,1-6H3,(H,14,17)(H,15,16)/b8-7+. The topological polar surface area (TPSA) is 75.6 Å². The highest BCUT2D eigenvalue weighted by Crippen LogP contribution is 2.21. The summed E-state index contributed by atoms with van der Waals surface area (Å²) in [7, 11) is 0. The molecule has 0 aromatic rings. The molecule has 1 amide bonds. The molecule has 1 unspecified atom stereocenters. The number of alkyl carbamates (subject to hydrolysis) is 1. The molecular formula is C13H23NO4. The largest absolute Gasteiger partial charge is 0.478 e. The van der Waals surface area contributed by atoms with Gasteiger partial charge in [0.1, 0.15) is 5.60 Å². The van der Waals surface area contributed by atoms with Crippen LogP contribution in [0.2, 0.25) is 0 Å². The van der Waals surface area contributed by atoms with E-state index in [1.54, 1.807) is 20.8 Å². The van der Waals surface area contributed by atoms with Crippen LogP contribution in [0.4, 0.5) is 4.79 Å². The molecule has 0 saturated carbocycles. The van der Waals surface area contributed by atoms with Gasteiger partial charge in [-0.25, -0.2) is 9.59 Å². The van der Waals surface area contributed by atoms with Gasteiger partial charge in [-0.15, -0.1) is 0 Å². The molecule has 5 heteroatoms. The maximum absolute atomic E-state index is 11.6. The van der Waals surface area contributed by atoms with E-state index in [2.05, 4.69) is 5.32 Å². The first-order chi connectivity index (χ1) is 7.92. The van der Waals surface area contributed by atoms with Crippen molar-refractivity contribution in [2.24, 2.45) is 5.41 Å². The van der Waals surface area contributed by atoms with Crippen LogP contribution in [-0.4, -0.2) is 28.8 Å². The van der Waals surface area contributed by atoms with Crippen LogP contribution in [0.25, 0.3) is 0 Å². The van der Waals surface area contributed by atoms with Crippen molar-refractivity contribution in [3.05, 3.63) is 12.2 Å². The van der Waals surface area contributed by atoms with Gasteiger partial charge in [0.2, 0.25) is 0 Å². The Kier molecular flexibility index (Phi) is 5.39. The monoisotopic (exact) mass is 257 g/mol. The molecule has 104 valence electrons. The van der Waals surface area contributed by atoms with Crippen LogP contribution in [-0.2, 0) is 9.53 Å². The van der Waals surface area contributed by atoms with Crippen LogP contribution < -0.4 is 5.32 Å². The molecule has 0 aromatic carbocycles. The van der Waals surface area contributed by atoms with E-state index in [0.717, 1.165) is 6.08 Å². The van der Waals surface area contributed by atoms with Crippen LogP contribution in [0, 0.1) is 5.41 Å². The van der Waals surface area contributed by atoms with Crippen molar-refractivity contribution in [1.29, 1.82) is 0 Å². The van der Waals surface area contributed by atoms with Crippen molar-refractivity contribution in [1.82, 2.24) is 5.32 Å². The lowest BCUT2D eigenvalue weighted by Gasteiger charge is -2.30. The molecule has 0 fully saturated rings. The Hall–Kier alpha value is -1.52. The van der Waals surface area contributed by atoms with E-state index in [1.165, 1.54) is 6.08 Å². The van der Waals surface area contributed by atoms with E-state index in [0.29, 0.717) is 0 Å². The molecule has 0 heterocycles. The summed E-state index contributed by atoms with van der Waals surface area (Å²) in [6.07, 6.45) is 1.91. The lowest BCUT2D eigenvalue weighted by Crippen LogP contribution is -2.44. The number of carboxylic acids is 1. The van der Waals surface area contributed by atoms with Crippen LogP contribution in [0.5, 0.6) is 0 Å². The Bertz CT molecular complexity index is 334. The summed E-state index contributed by atoms with van der Waals surface area (Å²) in [5.74, 6) is -1.05. The van der Waals surface area contributed by atoms with Gasteiger partial charge in [-0.1, -0.05) is 26.8 Å². The summed E-state index contributed by atoms with van der Waals surface area (Å²) in [4.78, 5) is 22.2. The normalized spacial score (nSPS) is 14.3. The highest BCUT2D eigenvalue weighted by atomic mass is 16.6. The molecule has 0 aromatic heterocycles. The van der Waals surface area contributed by atoms with E-state index in [4.69, 9.17) is 9.84 Å². The van der Waals surface area contributed by atoms with Gasteiger partial charge < -0.3 is 15.2 Å². The third-order valence-corrected chi connectivity index (χ3v) is 2.04. The van der Waals surface area contributed by atoms with Crippen molar-refractivity contribution in [3.8, 4) is 0 Å². The number of amides is 1. The van der Waals surface area contributed by atoms with Crippen molar-refractivity contribution in [2.75, 3.05) is 0 Å². The van der Waals surface area contributed by atoms with Gasteiger partial charge >= 0.3 is 12.1 Å². The zero-order valence-electron chi connectivity index (χ0n) is 11.9. The first-order valence-corrected chi connectivity index (χ1v) is 5.82. The van der Waals surface area contributed by atoms with Gasteiger partial charge in [0.15, 0.2) is 0 Å². The van der Waals surface area contributed by atoms with E-state index in [-0.39, 0.29) is 5.41 Å². The zero-order valence-corrected chi connectivity index (χ0v) is 11.9. The summed E-state index contributed by atoms with van der Waals surface area (Å²) >= 11 is 0. The van der Waals surface area contributed by atoms with Crippen molar-refractivity contribution in [2.45, 2.75) is 53.2 Å². The SMILES string of the molecule is CC(C)(C)OC(=O)NC(/C=C/C(=O)O)C(C)(C)C. The van der Waals surface area contributed by atoms with Crippen molar-refractivity contribution in [3.63, 3.8) is 0 Å². The summed E-state index contributed by atoms with van der Waals surface area (Å²) < 4.78 is 5.14. The molecule has 5 nitrogen and oxygen atoms in total. The summed E-state index contributed by atoms with van der Waals surface area (Å²) in [5.41, 5.74) is -0.883. The predicted molar refractivity (Wildman–Crippen MR) is 69.4 cm³/mol. The Morgan fingerprint density at radius 2 is 1.67 bits per heavy atom. The van der Waals surface area contributed by atoms with Crippen molar-refractivity contribution < 1.29 is 19.4 Å². The number of ether oxygens (including phenoxy) is 1. The fraction of sp³-hybridized carbons (Fsp3) is 0.692. The summed E-state index contributed by atoms with van der Waals surface area (Å²) in [6, 6.07) is -0.413. The van der Waals surface area contributed by atoms with Crippen LogP contribution in [0.3, 0.4) is 0 Å². The minimum atomic E-state index is -1.05. The minimum absolute atomic E-state index is 0.303. The molecule has 0 bridgehead atoms. The van der Waals surface area contributed by atoms with Crippen LogP contribution in [0.15, 0.2) is 12.2 Å². The molecule has 18 heavy (non-hydrogen) atoms. The number of aliphatic carboxylic acids is 1. The van der Waals surface area contributed by atoms with E-state index < -0.39 is 23.7 Å². The minimum Gasteiger partial charge on any atom is -0.478 e. The first-order valence-electron chi connectivity index (χ1n) is 5.82. The molecule has 0 radical (unpaired) electrons. The molecule has 1 atom stereocenters. The third kappa shape index (κ3) is 7.70. The second-order valence-corrected chi connectivity index (χ2v) is 6.19. The van der Waals surface area contributed by atoms with E-state index in [9.17, 15) is 9.59 Å². The molecule has 0 saturated heterocycles. The molecule has 0 aliphatic heterocycles. The van der Waals surface area contributed by atoms with Gasteiger partial charge in [0.25, 0.3) is 0 Å². The van der Waals surface area contributed by atoms with Crippen LogP contribution >= 0.6 is 0 Å². The number of hydrogen-bond donors (Lipinski definition) is 2. The van der Waals surface area contributed by atoms with Crippen LogP contribution in [0.1, 0.15) is 41.5 Å². The Balaban J connectivity index is 4.72. The quantitative estimate of drug-likeness (QED) is 0.762. The number of hydrogen-bond acceptors (Lipinski definition) is 3. The third-order valence-electron chi connectivity index (χ3n) is 2.04. The van der Waals surface area contributed by atoms with Gasteiger partial charge in [-0.3, -0.25) is 0 Å². The number of carbonyl (C=O) groups is 2. The van der Waals surface area contributed by atoms with Crippen molar-refractivity contribution >= 4 is 12.1 Å². The fourth-order valence-electron chi connectivity index (χ4n) is 1.17. The first kappa shape index (κ1) is 16.5. The second kappa shape index (κ2) is 5.89. The van der Waals surface area contributed by atoms with E-state index >= 15 is 0 Å². The number of carboxylic acid groups (broad SMARTS) is 1. The lowest BCUT2D eigenvalue weighted by molar-refractivity contribution is -0.131. The molecule has 0 aliphatic carbocycles. The number of nitrogens with one attached hydrogen (secondary N) is 1. The number of carbonyl (C=O) groups excluding carboxylic acids is 1. The average Bonchev–Trinajstić information content (AvgIpc) is 2.06. The van der Waals surface area contributed by atoms with Gasteiger partial charge in [0, 0.05) is 6.08 Å². The predicted octanol–water partition coefficient (Wildman–Crippen LogP) is 2.57. The average molecular weight is 257 g/mol. The highest BCUT2D eigenvalue weighted by molar-refractivity contribution is 5.80. The van der Waals surface area contributed by atoms with Gasteiger partial charge in [0.05, 0.1) is 6.04 Å². The fourth-order valence-corrected chi connectivity index (χ4v) is 1.17. The Morgan fingerprint density at radius 1 is 1.17 bits per heavy atom. The smallest absolute Gasteiger partial charge is 0.408 e.